The van der Waals surface area contributed by atoms with Crippen molar-refractivity contribution in [2.75, 3.05) is 21.3 Å². The summed E-state index contributed by atoms with van der Waals surface area (Å²) >= 11 is 3.40. The number of methoxy groups -OCH3 is 3. The summed E-state index contributed by atoms with van der Waals surface area (Å²) in [5.41, 5.74) is 1.64. The van der Waals surface area contributed by atoms with Crippen molar-refractivity contribution in [3.8, 4) is 17.2 Å². The Kier molecular flexibility index (Phi) is 7.80. The SMILES string of the molecule is COc1cc(CC[C@@H](C)NC(=O)c2c(Br)ccc(OC)c2OC)ccc1N=O. The third-order valence-electron chi connectivity index (χ3n) is 4.31. The van der Waals surface area contributed by atoms with Crippen LogP contribution >= 0.6 is 15.9 Å². The molecule has 0 radical (unpaired) electrons. The van der Waals surface area contributed by atoms with E-state index in [-0.39, 0.29) is 17.6 Å². The van der Waals surface area contributed by atoms with Crippen molar-refractivity contribution in [2.24, 2.45) is 5.18 Å². The standard InChI is InChI=1S/C20H23BrN2O5/c1-12(5-6-13-7-9-15(23-25)17(11-13)27-3)22-20(24)18-14(21)8-10-16(26-2)19(18)28-4/h7-12H,5-6H2,1-4H3,(H,22,24)/t12-/m1/s1. The molecule has 0 saturated heterocycles. The van der Waals surface area contributed by atoms with Gasteiger partial charge in [-0.1, -0.05) is 6.07 Å². The van der Waals surface area contributed by atoms with Gasteiger partial charge in [-0.25, -0.2) is 0 Å². The van der Waals surface area contributed by atoms with Crippen LogP contribution in [0.5, 0.6) is 17.2 Å². The van der Waals surface area contributed by atoms with Crippen LogP contribution in [0.15, 0.2) is 40.0 Å². The van der Waals surface area contributed by atoms with Gasteiger partial charge in [0.15, 0.2) is 11.5 Å². The monoisotopic (exact) mass is 450 g/mol. The fourth-order valence-corrected chi connectivity index (χ4v) is 3.31. The second-order valence-corrected chi connectivity index (χ2v) is 7.02. The fourth-order valence-electron chi connectivity index (χ4n) is 2.82. The van der Waals surface area contributed by atoms with Crippen molar-refractivity contribution in [2.45, 2.75) is 25.8 Å². The molecule has 1 atom stereocenters. The summed E-state index contributed by atoms with van der Waals surface area (Å²) < 4.78 is 16.4. The zero-order chi connectivity index (χ0) is 20.7. The molecule has 7 nitrogen and oxygen atoms in total. The number of benzene rings is 2. The second-order valence-electron chi connectivity index (χ2n) is 6.17. The maximum atomic E-state index is 12.8. The zero-order valence-corrected chi connectivity index (χ0v) is 17.8. The molecule has 0 aliphatic heterocycles. The molecule has 0 fully saturated rings. The van der Waals surface area contributed by atoms with Gasteiger partial charge < -0.3 is 19.5 Å². The van der Waals surface area contributed by atoms with E-state index in [9.17, 15) is 9.70 Å². The molecule has 0 aromatic heterocycles. The lowest BCUT2D eigenvalue weighted by Gasteiger charge is -2.18. The molecule has 2 rings (SSSR count). The normalized spacial score (nSPS) is 11.5. The fraction of sp³-hybridized carbons (Fsp3) is 0.350. The maximum Gasteiger partial charge on any atom is 0.256 e. The van der Waals surface area contributed by atoms with Crippen molar-refractivity contribution in [1.82, 2.24) is 5.32 Å². The molecular formula is C20H23BrN2O5. The van der Waals surface area contributed by atoms with Gasteiger partial charge in [-0.05, 0) is 70.7 Å². The molecule has 0 aliphatic rings. The molecule has 1 N–H and O–H groups in total. The summed E-state index contributed by atoms with van der Waals surface area (Å²) in [7, 11) is 4.52. The third kappa shape index (κ3) is 5.01. The van der Waals surface area contributed by atoms with Crippen LogP contribution in [-0.4, -0.2) is 33.3 Å². The predicted octanol–water partition coefficient (Wildman–Crippen LogP) is 4.62. The number of nitroso groups, excluding NO2 is 1. The summed E-state index contributed by atoms with van der Waals surface area (Å²) in [6, 6.07) is 8.63. The Morgan fingerprint density at radius 1 is 1.11 bits per heavy atom. The number of halogens is 1. The number of hydrogen-bond acceptors (Lipinski definition) is 6. The summed E-state index contributed by atoms with van der Waals surface area (Å²) in [6.07, 6.45) is 1.40. The Morgan fingerprint density at radius 3 is 2.43 bits per heavy atom. The number of carbonyl (C=O) groups excluding carboxylic acids is 1. The Labute approximate surface area is 172 Å². The van der Waals surface area contributed by atoms with Crippen LogP contribution < -0.4 is 19.5 Å². The quantitative estimate of drug-likeness (QED) is 0.563. The third-order valence-corrected chi connectivity index (χ3v) is 4.97. The number of aryl methyl sites for hydroxylation is 1. The largest absolute Gasteiger partial charge is 0.494 e. The lowest BCUT2D eigenvalue weighted by atomic mass is 10.0. The smallest absolute Gasteiger partial charge is 0.256 e. The minimum Gasteiger partial charge on any atom is -0.494 e. The molecular weight excluding hydrogens is 428 g/mol. The van der Waals surface area contributed by atoms with Gasteiger partial charge in [-0.15, -0.1) is 4.91 Å². The topological polar surface area (TPSA) is 86.2 Å². The first-order valence-electron chi connectivity index (χ1n) is 8.66. The van der Waals surface area contributed by atoms with Gasteiger partial charge in [0, 0.05) is 10.5 Å². The van der Waals surface area contributed by atoms with Gasteiger partial charge in [0.1, 0.15) is 11.4 Å². The van der Waals surface area contributed by atoms with Gasteiger partial charge in [-0.3, -0.25) is 4.79 Å². The van der Waals surface area contributed by atoms with Crippen LogP contribution in [0.4, 0.5) is 5.69 Å². The Balaban J connectivity index is 2.07. The van der Waals surface area contributed by atoms with E-state index in [4.69, 9.17) is 14.2 Å². The molecule has 0 aliphatic carbocycles. The van der Waals surface area contributed by atoms with E-state index in [0.717, 1.165) is 5.56 Å². The minimum absolute atomic E-state index is 0.0924. The van der Waals surface area contributed by atoms with E-state index < -0.39 is 0 Å². The molecule has 2 aromatic carbocycles. The lowest BCUT2D eigenvalue weighted by molar-refractivity contribution is 0.0934. The van der Waals surface area contributed by atoms with Crippen molar-refractivity contribution in [1.29, 1.82) is 0 Å². The highest BCUT2D eigenvalue weighted by atomic mass is 79.9. The second kappa shape index (κ2) is 10.1. The Morgan fingerprint density at radius 2 is 1.82 bits per heavy atom. The van der Waals surface area contributed by atoms with Crippen LogP contribution in [0.1, 0.15) is 29.3 Å². The first-order valence-corrected chi connectivity index (χ1v) is 9.46. The highest BCUT2D eigenvalue weighted by molar-refractivity contribution is 9.10. The number of ether oxygens (including phenoxy) is 3. The minimum atomic E-state index is -0.256. The number of hydrogen-bond donors (Lipinski definition) is 1. The van der Waals surface area contributed by atoms with Gasteiger partial charge in [0.05, 0.1) is 26.9 Å². The average Bonchev–Trinajstić information content (AvgIpc) is 2.71. The number of carbonyl (C=O) groups is 1. The van der Waals surface area contributed by atoms with E-state index >= 15 is 0 Å². The maximum absolute atomic E-state index is 12.8. The van der Waals surface area contributed by atoms with Crippen molar-refractivity contribution >= 4 is 27.5 Å². The molecule has 0 saturated carbocycles. The number of nitrogens with zero attached hydrogens (tertiary/aromatic N) is 1. The van der Waals surface area contributed by atoms with Crippen molar-refractivity contribution in [3.05, 3.63) is 50.8 Å². The zero-order valence-electron chi connectivity index (χ0n) is 16.2. The Hall–Kier alpha value is -2.61. The number of rotatable bonds is 9. The molecule has 1 amide bonds. The molecule has 150 valence electrons. The van der Waals surface area contributed by atoms with E-state index in [2.05, 4.69) is 26.4 Å². The Bertz CT molecular complexity index is 857. The molecule has 2 aromatic rings. The van der Waals surface area contributed by atoms with Gasteiger partial charge in [-0.2, -0.15) is 0 Å². The first kappa shape index (κ1) is 21.7. The average molecular weight is 451 g/mol. The van der Waals surface area contributed by atoms with E-state index in [1.807, 2.05) is 13.0 Å². The van der Waals surface area contributed by atoms with Gasteiger partial charge in [0.2, 0.25) is 0 Å². The molecule has 0 bridgehead atoms. The molecule has 8 heteroatoms. The van der Waals surface area contributed by atoms with Crippen LogP contribution in [0, 0.1) is 4.91 Å². The number of nitrogens with one attached hydrogen (secondary N) is 1. The molecule has 0 heterocycles. The van der Waals surface area contributed by atoms with Gasteiger partial charge >= 0.3 is 0 Å². The lowest BCUT2D eigenvalue weighted by Crippen LogP contribution is -2.33. The summed E-state index contributed by atoms with van der Waals surface area (Å²) in [4.78, 5) is 23.5. The highest BCUT2D eigenvalue weighted by Gasteiger charge is 2.21. The molecule has 28 heavy (non-hydrogen) atoms. The van der Waals surface area contributed by atoms with E-state index in [1.165, 1.54) is 21.3 Å². The van der Waals surface area contributed by atoms with Crippen LogP contribution in [0.2, 0.25) is 0 Å². The first-order chi connectivity index (χ1) is 13.4. The van der Waals surface area contributed by atoms with Crippen LogP contribution in [0.25, 0.3) is 0 Å². The van der Waals surface area contributed by atoms with E-state index in [1.54, 1.807) is 24.3 Å². The van der Waals surface area contributed by atoms with Gasteiger partial charge in [0.25, 0.3) is 5.91 Å². The summed E-state index contributed by atoms with van der Waals surface area (Å²) in [5.74, 6) is 1.05. The van der Waals surface area contributed by atoms with Crippen molar-refractivity contribution in [3.63, 3.8) is 0 Å². The van der Waals surface area contributed by atoms with E-state index in [0.29, 0.717) is 40.1 Å². The molecule has 0 unspecified atom stereocenters. The summed E-state index contributed by atoms with van der Waals surface area (Å²) in [5, 5.41) is 5.91. The van der Waals surface area contributed by atoms with Crippen LogP contribution in [-0.2, 0) is 6.42 Å². The van der Waals surface area contributed by atoms with Crippen molar-refractivity contribution < 1.29 is 19.0 Å². The molecule has 0 spiro atoms. The van der Waals surface area contributed by atoms with Crippen LogP contribution in [0.3, 0.4) is 0 Å². The highest BCUT2D eigenvalue weighted by Crippen LogP contribution is 2.36. The predicted molar refractivity (Wildman–Crippen MR) is 111 cm³/mol. The summed E-state index contributed by atoms with van der Waals surface area (Å²) in [6.45, 7) is 1.93. The number of amides is 1.